The first-order valence-electron chi connectivity index (χ1n) is 8.16. The molecule has 0 unspecified atom stereocenters. The van der Waals surface area contributed by atoms with E-state index < -0.39 is 11.7 Å². The van der Waals surface area contributed by atoms with Crippen LogP contribution in [-0.4, -0.2) is 32.3 Å². The minimum absolute atomic E-state index is 0.0629. The van der Waals surface area contributed by atoms with Gasteiger partial charge in [-0.25, -0.2) is 9.37 Å². The fraction of sp³-hybridized carbons (Fsp3) is 0.278. The van der Waals surface area contributed by atoms with Crippen molar-refractivity contribution in [1.82, 2.24) is 9.97 Å². The number of thioether (sulfide) groups is 1. The monoisotopic (exact) mass is 386 g/mol. The predicted octanol–water partition coefficient (Wildman–Crippen LogP) is 2.95. The van der Waals surface area contributed by atoms with Gasteiger partial charge >= 0.3 is 0 Å². The number of aliphatic imine (C=N–C) groups is 1. The van der Waals surface area contributed by atoms with E-state index in [4.69, 9.17) is 11.0 Å². The lowest BCUT2D eigenvalue weighted by Gasteiger charge is -2.19. The standard InChI is InChI=1S/C12H7FN4O.C6H12N2S/c13-10-5-8(6-14)7-16-11(10)12(18)17-9-1-3-15-4-2-9;1-4-3-5(2)9-6(7)8-4/h1-5,7H,(H,15,17,18);4-5H,3H2,1-2H3,(H2,7,8)/t;4-,5+/m.0/s1. The summed E-state index contributed by atoms with van der Waals surface area (Å²) >= 11 is 1.67. The van der Waals surface area contributed by atoms with E-state index in [9.17, 15) is 9.18 Å². The van der Waals surface area contributed by atoms with E-state index in [2.05, 4.69) is 34.1 Å². The maximum Gasteiger partial charge on any atom is 0.277 e. The van der Waals surface area contributed by atoms with E-state index >= 15 is 0 Å². The second-order valence-corrected chi connectivity index (χ2v) is 7.30. The van der Waals surface area contributed by atoms with Crippen LogP contribution in [-0.2, 0) is 0 Å². The Morgan fingerprint density at radius 2 is 2.11 bits per heavy atom. The summed E-state index contributed by atoms with van der Waals surface area (Å²) in [7, 11) is 0. The van der Waals surface area contributed by atoms with Gasteiger partial charge in [0.05, 0.1) is 11.6 Å². The van der Waals surface area contributed by atoms with Gasteiger partial charge < -0.3 is 11.1 Å². The summed E-state index contributed by atoms with van der Waals surface area (Å²) in [6, 6.07) is 6.28. The molecule has 0 spiro atoms. The summed E-state index contributed by atoms with van der Waals surface area (Å²) < 4.78 is 13.5. The molecule has 0 saturated heterocycles. The van der Waals surface area contributed by atoms with Crippen molar-refractivity contribution in [3.63, 3.8) is 0 Å². The number of aromatic nitrogens is 2. The minimum Gasteiger partial charge on any atom is -0.379 e. The number of hydrogen-bond acceptors (Lipinski definition) is 7. The van der Waals surface area contributed by atoms with Crippen LogP contribution in [0.4, 0.5) is 10.1 Å². The number of nitrogens with one attached hydrogen (secondary N) is 1. The quantitative estimate of drug-likeness (QED) is 0.819. The van der Waals surface area contributed by atoms with Crippen LogP contribution in [0, 0.1) is 17.1 Å². The first-order chi connectivity index (χ1) is 12.9. The Bertz CT molecular complexity index is 868. The molecule has 140 valence electrons. The molecule has 1 amide bonds. The van der Waals surface area contributed by atoms with Crippen molar-refractivity contribution in [1.29, 1.82) is 5.26 Å². The SMILES string of the molecule is C[C@@H]1C[C@H](C)N=C(N)S1.N#Cc1cnc(C(=O)Nc2ccncc2)c(F)c1. The van der Waals surface area contributed by atoms with Gasteiger partial charge in [-0.2, -0.15) is 5.26 Å². The fourth-order valence-corrected chi connectivity index (χ4v) is 3.35. The maximum absolute atomic E-state index is 13.5. The molecule has 27 heavy (non-hydrogen) atoms. The highest BCUT2D eigenvalue weighted by Crippen LogP contribution is 2.22. The molecular weight excluding hydrogens is 367 g/mol. The lowest BCUT2D eigenvalue weighted by atomic mass is 10.2. The number of amidine groups is 1. The molecule has 0 radical (unpaired) electrons. The Labute approximate surface area is 160 Å². The van der Waals surface area contributed by atoms with Crippen LogP contribution in [0.5, 0.6) is 0 Å². The van der Waals surface area contributed by atoms with Crippen LogP contribution >= 0.6 is 11.8 Å². The summed E-state index contributed by atoms with van der Waals surface area (Å²) in [5, 5.41) is 12.4. The maximum atomic E-state index is 13.5. The molecule has 7 nitrogen and oxygen atoms in total. The van der Waals surface area contributed by atoms with E-state index in [1.165, 1.54) is 12.4 Å². The van der Waals surface area contributed by atoms with Gasteiger partial charge in [0.2, 0.25) is 0 Å². The second-order valence-electron chi connectivity index (χ2n) is 5.84. The molecule has 2 aromatic heterocycles. The minimum atomic E-state index is -0.833. The summed E-state index contributed by atoms with van der Waals surface area (Å²) in [5.74, 6) is -1.51. The predicted molar refractivity (Wildman–Crippen MR) is 104 cm³/mol. The van der Waals surface area contributed by atoms with Crippen LogP contribution in [0.15, 0.2) is 41.8 Å². The highest BCUT2D eigenvalue weighted by molar-refractivity contribution is 8.14. The largest absolute Gasteiger partial charge is 0.379 e. The second kappa shape index (κ2) is 9.64. The molecule has 2 atom stereocenters. The zero-order valence-electron chi connectivity index (χ0n) is 14.9. The number of pyridine rings is 2. The van der Waals surface area contributed by atoms with Crippen LogP contribution in [0.2, 0.25) is 0 Å². The van der Waals surface area contributed by atoms with Crippen molar-refractivity contribution in [2.45, 2.75) is 31.6 Å². The molecular formula is C18H19FN6OS. The molecule has 0 fully saturated rings. The van der Waals surface area contributed by atoms with E-state index in [-0.39, 0.29) is 11.3 Å². The van der Waals surface area contributed by atoms with Gasteiger partial charge in [-0.3, -0.25) is 14.8 Å². The average molecular weight is 386 g/mol. The summed E-state index contributed by atoms with van der Waals surface area (Å²) in [6.45, 7) is 4.28. The topological polar surface area (TPSA) is 117 Å². The van der Waals surface area contributed by atoms with Crippen molar-refractivity contribution < 1.29 is 9.18 Å². The Morgan fingerprint density at radius 1 is 1.41 bits per heavy atom. The average Bonchev–Trinajstić information content (AvgIpc) is 2.61. The number of carbonyl (C=O) groups is 1. The van der Waals surface area contributed by atoms with Gasteiger partial charge in [0.25, 0.3) is 5.91 Å². The van der Waals surface area contributed by atoms with Crippen LogP contribution in [0.25, 0.3) is 0 Å². The molecule has 9 heteroatoms. The number of hydrogen-bond donors (Lipinski definition) is 2. The third-order valence-corrected chi connectivity index (χ3v) is 4.41. The fourth-order valence-electron chi connectivity index (χ4n) is 2.33. The number of carbonyl (C=O) groups excluding carboxylic acids is 1. The van der Waals surface area contributed by atoms with E-state index in [0.717, 1.165) is 23.9 Å². The third-order valence-electron chi connectivity index (χ3n) is 3.47. The number of nitrogens with two attached hydrogens (primary N) is 1. The van der Waals surface area contributed by atoms with Gasteiger partial charge in [0.1, 0.15) is 6.07 Å². The molecule has 3 N–H and O–H groups in total. The molecule has 0 aromatic carbocycles. The zero-order valence-corrected chi connectivity index (χ0v) is 15.7. The van der Waals surface area contributed by atoms with Crippen molar-refractivity contribution in [2.75, 3.05) is 5.32 Å². The lowest BCUT2D eigenvalue weighted by molar-refractivity contribution is 0.101. The van der Waals surface area contributed by atoms with Crippen molar-refractivity contribution >= 4 is 28.5 Å². The summed E-state index contributed by atoms with van der Waals surface area (Å²) in [5.41, 5.74) is 5.72. The Morgan fingerprint density at radius 3 is 2.67 bits per heavy atom. The molecule has 1 aliphatic rings. The number of nitriles is 1. The molecule has 3 heterocycles. The molecule has 3 rings (SSSR count). The van der Waals surface area contributed by atoms with Crippen molar-refractivity contribution in [3.05, 3.63) is 53.9 Å². The molecule has 0 aliphatic carbocycles. The highest BCUT2D eigenvalue weighted by Gasteiger charge is 2.15. The van der Waals surface area contributed by atoms with Gasteiger partial charge in [0.15, 0.2) is 16.7 Å². The number of amides is 1. The first-order valence-corrected chi connectivity index (χ1v) is 9.04. The van der Waals surface area contributed by atoms with E-state index in [1.54, 1.807) is 30.0 Å². The first kappa shape index (κ1) is 20.3. The van der Waals surface area contributed by atoms with E-state index in [0.29, 0.717) is 17.0 Å². The Balaban J connectivity index is 0.000000244. The highest BCUT2D eigenvalue weighted by atomic mass is 32.2. The van der Waals surface area contributed by atoms with Crippen LogP contribution in [0.3, 0.4) is 0 Å². The van der Waals surface area contributed by atoms with Gasteiger partial charge in [-0.15, -0.1) is 0 Å². The van der Waals surface area contributed by atoms with E-state index in [1.807, 2.05) is 0 Å². The van der Waals surface area contributed by atoms with Crippen molar-refractivity contribution in [3.8, 4) is 6.07 Å². The summed E-state index contributed by atoms with van der Waals surface area (Å²) in [6.07, 6.45) is 5.30. The number of nitrogens with zero attached hydrogens (tertiary/aromatic N) is 4. The molecule has 1 aliphatic heterocycles. The van der Waals surface area contributed by atoms with Crippen LogP contribution < -0.4 is 11.1 Å². The van der Waals surface area contributed by atoms with Gasteiger partial charge in [0, 0.05) is 29.5 Å². The van der Waals surface area contributed by atoms with Gasteiger partial charge in [-0.1, -0.05) is 18.7 Å². The molecule has 0 bridgehead atoms. The number of rotatable bonds is 2. The summed E-state index contributed by atoms with van der Waals surface area (Å²) in [4.78, 5) is 23.3. The Kier molecular flexibility index (Phi) is 7.25. The number of anilines is 1. The van der Waals surface area contributed by atoms with Crippen LogP contribution in [0.1, 0.15) is 36.3 Å². The molecule has 2 aromatic rings. The smallest absolute Gasteiger partial charge is 0.277 e. The Hall–Kier alpha value is -2.99. The zero-order chi connectivity index (χ0) is 19.8. The third kappa shape index (κ3) is 6.34. The number of halogens is 1. The lowest BCUT2D eigenvalue weighted by Crippen LogP contribution is -2.22. The van der Waals surface area contributed by atoms with Gasteiger partial charge in [-0.05, 0) is 31.5 Å². The molecule has 0 saturated carbocycles. The normalized spacial score (nSPS) is 18.4. The van der Waals surface area contributed by atoms with Crippen molar-refractivity contribution in [2.24, 2.45) is 10.7 Å².